The highest BCUT2D eigenvalue weighted by molar-refractivity contribution is 5.92. The summed E-state index contributed by atoms with van der Waals surface area (Å²) >= 11 is 0. The van der Waals surface area contributed by atoms with Crippen molar-refractivity contribution < 1.29 is 26.3 Å². The largest absolute Gasteiger partial charge is 0.418 e. The number of alkyl halides is 6. The predicted octanol–water partition coefficient (Wildman–Crippen LogP) is 14.1. The second-order valence-electron chi connectivity index (χ2n) is 16.3. The number of rotatable bonds is 3. The van der Waals surface area contributed by atoms with Crippen molar-refractivity contribution in [2.45, 2.75) is 65.7 Å². The van der Waals surface area contributed by atoms with Crippen molar-refractivity contribution in [2.75, 3.05) is 4.90 Å². The van der Waals surface area contributed by atoms with Crippen LogP contribution in [0.4, 0.5) is 37.7 Å². The highest BCUT2D eigenvalue weighted by Crippen LogP contribution is 2.47. The quantitative estimate of drug-likeness (QED) is 0.167. The van der Waals surface area contributed by atoms with Crippen molar-refractivity contribution in [1.29, 1.82) is 0 Å². The van der Waals surface area contributed by atoms with Gasteiger partial charge in [0.05, 0.1) is 33.7 Å². The predicted molar refractivity (Wildman–Crippen MR) is 209 cm³/mol. The number of hydrogen-bond donors (Lipinski definition) is 0. The van der Waals surface area contributed by atoms with E-state index in [9.17, 15) is 26.3 Å². The van der Waals surface area contributed by atoms with Gasteiger partial charge >= 0.3 is 12.4 Å². The van der Waals surface area contributed by atoms with Gasteiger partial charge in [0, 0.05) is 22.8 Å². The fourth-order valence-corrected chi connectivity index (χ4v) is 7.51. The third-order valence-electron chi connectivity index (χ3n) is 10.6. The minimum Gasteiger partial charge on any atom is -0.316 e. The van der Waals surface area contributed by atoms with E-state index in [0.29, 0.717) is 45.6 Å². The fraction of sp³-hybridized carbons (Fsp3) is 0.261. The standard InChI is InChI=1S/C46H42F6N2/c1-28-12-10-11-23-53(38-14-9-8-13-33(28)38)41-24-29(15-19-36(41)45(47,48)49)30-16-20-37(46(50,51)52)42(25-30)54-39-21-17-31(43(2,3)4)26-34(39)35-27-32(44(5,6)7)18-22-40(35)54/h8-26,32H,1,27H2,2-7H3/b12-10-,23-11-. The molecule has 1 aliphatic carbocycles. The summed E-state index contributed by atoms with van der Waals surface area (Å²) in [5.74, 6) is 0.163. The Hall–Kier alpha value is -5.24. The smallest absolute Gasteiger partial charge is 0.316 e. The van der Waals surface area contributed by atoms with Gasteiger partial charge in [-0.1, -0.05) is 103 Å². The Labute approximate surface area is 312 Å². The van der Waals surface area contributed by atoms with Gasteiger partial charge in [-0.15, -0.1) is 0 Å². The van der Waals surface area contributed by atoms with Crippen LogP contribution in [0.5, 0.6) is 0 Å². The lowest BCUT2D eigenvalue weighted by atomic mass is 9.74. The molecule has 5 aromatic rings. The average molecular weight is 737 g/mol. The first kappa shape index (κ1) is 37.1. The van der Waals surface area contributed by atoms with Gasteiger partial charge in [0.2, 0.25) is 0 Å². The SMILES string of the molecule is C=C1/C=C\C=C/N(c2cc(-c3ccc(C(F)(F)F)c(-n4c5c(c6cc(C(C)(C)C)ccc64)CC(C(C)(C)C)C=C5)c3)ccc2C(F)(F)F)c2ccccc21. The summed E-state index contributed by atoms with van der Waals surface area (Å²) in [5, 5.41) is 0.893. The summed E-state index contributed by atoms with van der Waals surface area (Å²) in [7, 11) is 0. The molecule has 1 aromatic heterocycles. The summed E-state index contributed by atoms with van der Waals surface area (Å²) < 4.78 is 90.8. The maximum atomic E-state index is 15.0. The van der Waals surface area contributed by atoms with Gasteiger partial charge < -0.3 is 9.47 Å². The third kappa shape index (κ3) is 6.71. The van der Waals surface area contributed by atoms with Gasteiger partial charge in [0.25, 0.3) is 0 Å². The molecule has 0 saturated heterocycles. The van der Waals surface area contributed by atoms with Crippen LogP contribution in [0.25, 0.3) is 39.4 Å². The first-order valence-corrected chi connectivity index (χ1v) is 17.9. The lowest BCUT2D eigenvalue weighted by molar-refractivity contribution is -0.138. The molecule has 2 nitrogen and oxygen atoms in total. The molecule has 0 saturated carbocycles. The van der Waals surface area contributed by atoms with Crippen LogP contribution < -0.4 is 4.90 Å². The monoisotopic (exact) mass is 736 g/mol. The fourth-order valence-electron chi connectivity index (χ4n) is 7.51. The van der Waals surface area contributed by atoms with Crippen LogP contribution in [0.2, 0.25) is 0 Å². The Morgan fingerprint density at radius 1 is 0.667 bits per heavy atom. The zero-order chi connectivity index (χ0) is 39.0. The molecule has 54 heavy (non-hydrogen) atoms. The molecule has 0 N–H and O–H groups in total. The molecular weight excluding hydrogens is 695 g/mol. The van der Waals surface area contributed by atoms with E-state index in [-0.39, 0.29) is 28.1 Å². The molecule has 1 aliphatic heterocycles. The normalized spacial score (nSPS) is 17.6. The van der Waals surface area contributed by atoms with E-state index in [1.165, 1.54) is 29.2 Å². The molecule has 0 radical (unpaired) electrons. The molecule has 2 aliphatic rings. The Morgan fingerprint density at radius 3 is 1.93 bits per heavy atom. The number of halogens is 6. The molecule has 2 heterocycles. The van der Waals surface area contributed by atoms with Crippen molar-refractivity contribution in [1.82, 2.24) is 4.57 Å². The number of aromatic nitrogens is 1. The van der Waals surface area contributed by atoms with Gasteiger partial charge in [-0.05, 0) is 106 Å². The van der Waals surface area contributed by atoms with Crippen LogP contribution in [-0.4, -0.2) is 4.57 Å². The highest BCUT2D eigenvalue weighted by Gasteiger charge is 2.38. The zero-order valence-electron chi connectivity index (χ0n) is 31.1. The summed E-state index contributed by atoms with van der Waals surface area (Å²) in [4.78, 5) is 1.46. The van der Waals surface area contributed by atoms with E-state index in [2.05, 4.69) is 60.3 Å². The molecule has 0 spiro atoms. The van der Waals surface area contributed by atoms with E-state index >= 15 is 0 Å². The summed E-state index contributed by atoms with van der Waals surface area (Å²) in [5.41, 5.74) is 3.54. The van der Waals surface area contributed by atoms with Gasteiger partial charge in [-0.2, -0.15) is 26.3 Å². The maximum Gasteiger partial charge on any atom is 0.418 e. The number of allylic oxidation sites excluding steroid dienone is 5. The molecule has 0 fully saturated rings. The molecule has 7 rings (SSSR count). The molecule has 278 valence electrons. The minimum atomic E-state index is -4.72. The van der Waals surface area contributed by atoms with Crippen molar-refractivity contribution in [3.8, 4) is 16.8 Å². The van der Waals surface area contributed by atoms with Crippen LogP contribution in [-0.2, 0) is 24.2 Å². The van der Waals surface area contributed by atoms with E-state index < -0.39 is 23.5 Å². The number of fused-ring (bicyclic) bond motifs is 4. The van der Waals surface area contributed by atoms with Crippen LogP contribution in [0, 0.1) is 11.3 Å². The lowest BCUT2D eigenvalue weighted by Crippen LogP contribution is -2.23. The van der Waals surface area contributed by atoms with Crippen molar-refractivity contribution in [2.24, 2.45) is 11.3 Å². The number of para-hydroxylation sites is 1. The Balaban J connectivity index is 1.48. The summed E-state index contributed by atoms with van der Waals surface area (Å²) in [6, 6.07) is 20.5. The number of benzene rings is 4. The Morgan fingerprint density at radius 2 is 1.30 bits per heavy atom. The summed E-state index contributed by atoms with van der Waals surface area (Å²) in [6.07, 6.45) is 1.91. The average Bonchev–Trinajstić information content (AvgIpc) is 3.42. The molecule has 0 bridgehead atoms. The van der Waals surface area contributed by atoms with Crippen LogP contribution >= 0.6 is 0 Å². The molecular formula is C46H42F6N2. The van der Waals surface area contributed by atoms with Gasteiger partial charge in [-0.3, -0.25) is 0 Å². The topological polar surface area (TPSA) is 8.17 Å². The van der Waals surface area contributed by atoms with Crippen molar-refractivity contribution in [3.05, 3.63) is 149 Å². The highest BCUT2D eigenvalue weighted by atomic mass is 19.4. The second kappa shape index (κ2) is 13.0. The van der Waals surface area contributed by atoms with Crippen LogP contribution in [0.3, 0.4) is 0 Å². The molecule has 0 amide bonds. The van der Waals surface area contributed by atoms with Crippen LogP contribution in [0.1, 0.15) is 75.1 Å². The van der Waals surface area contributed by atoms with E-state index in [1.807, 2.05) is 18.2 Å². The van der Waals surface area contributed by atoms with Gasteiger partial charge in [-0.25, -0.2) is 0 Å². The van der Waals surface area contributed by atoms with Gasteiger partial charge in [0.15, 0.2) is 0 Å². The third-order valence-corrected chi connectivity index (χ3v) is 10.6. The zero-order valence-corrected chi connectivity index (χ0v) is 31.1. The van der Waals surface area contributed by atoms with Gasteiger partial charge in [0.1, 0.15) is 0 Å². The van der Waals surface area contributed by atoms with E-state index in [1.54, 1.807) is 53.3 Å². The van der Waals surface area contributed by atoms with Crippen LogP contribution in [0.15, 0.2) is 116 Å². The summed E-state index contributed by atoms with van der Waals surface area (Å²) in [6.45, 7) is 16.9. The molecule has 1 unspecified atom stereocenters. The van der Waals surface area contributed by atoms with Crippen molar-refractivity contribution >= 4 is 33.9 Å². The Bertz CT molecular complexity index is 2390. The van der Waals surface area contributed by atoms with Crippen molar-refractivity contribution in [3.63, 3.8) is 0 Å². The first-order chi connectivity index (χ1) is 25.2. The molecule has 8 heteroatoms. The number of hydrogen-bond acceptors (Lipinski definition) is 1. The Kier molecular flexibility index (Phi) is 8.90. The molecule has 4 aromatic carbocycles. The maximum absolute atomic E-state index is 15.0. The molecule has 1 atom stereocenters. The number of nitrogens with zero attached hydrogens (tertiary/aromatic N) is 2. The number of anilines is 2. The van der Waals surface area contributed by atoms with E-state index in [4.69, 9.17) is 0 Å². The minimum absolute atomic E-state index is 0.0761. The lowest BCUT2D eigenvalue weighted by Gasteiger charge is -2.31. The van der Waals surface area contributed by atoms with E-state index in [0.717, 1.165) is 28.6 Å². The second-order valence-corrected chi connectivity index (χ2v) is 16.3. The first-order valence-electron chi connectivity index (χ1n) is 17.9.